The second-order valence-corrected chi connectivity index (χ2v) is 8.30. The van der Waals surface area contributed by atoms with E-state index >= 15 is 0 Å². The highest BCUT2D eigenvalue weighted by Crippen LogP contribution is 2.25. The number of methoxy groups -OCH3 is 1. The lowest BCUT2D eigenvalue weighted by atomic mass is 10.2. The highest BCUT2D eigenvalue weighted by atomic mass is 32.2. The van der Waals surface area contributed by atoms with E-state index in [1.54, 1.807) is 38.1 Å². The first kappa shape index (κ1) is 20.9. The molecule has 0 aromatic heterocycles. The van der Waals surface area contributed by atoms with Crippen molar-refractivity contribution in [2.24, 2.45) is 0 Å². The number of ether oxygens (including phenoxy) is 1. The molecule has 0 N–H and O–H groups in total. The summed E-state index contributed by atoms with van der Waals surface area (Å²) in [6.07, 6.45) is 0. The average molecular weight is 394 g/mol. The first-order chi connectivity index (χ1) is 12.7. The van der Waals surface area contributed by atoms with Gasteiger partial charge in [-0.3, -0.25) is 4.79 Å². The van der Waals surface area contributed by atoms with Gasteiger partial charge >= 0.3 is 0 Å². The highest BCUT2D eigenvalue weighted by molar-refractivity contribution is 7.89. The van der Waals surface area contributed by atoms with Gasteiger partial charge in [-0.05, 0) is 38.1 Å². The Kier molecular flexibility index (Phi) is 6.56. The fourth-order valence-corrected chi connectivity index (χ4v) is 3.80. The van der Waals surface area contributed by atoms with Crippen molar-refractivity contribution in [2.45, 2.75) is 24.8 Å². The van der Waals surface area contributed by atoms with Gasteiger partial charge < -0.3 is 9.64 Å². The second-order valence-electron chi connectivity index (χ2n) is 6.25. The van der Waals surface area contributed by atoms with Crippen LogP contribution in [0.3, 0.4) is 0 Å². The molecule has 1 amide bonds. The maximum absolute atomic E-state index is 14.0. The normalized spacial score (nSPS) is 11.7. The Balaban J connectivity index is 2.26. The Bertz CT molecular complexity index is 901. The summed E-state index contributed by atoms with van der Waals surface area (Å²) in [6.45, 7) is 3.17. The zero-order valence-corrected chi connectivity index (χ0v) is 16.5. The van der Waals surface area contributed by atoms with Crippen molar-refractivity contribution < 1.29 is 22.3 Å². The number of likely N-dealkylation sites (N-methyl/N-ethyl adjacent to an activating group) is 1. The van der Waals surface area contributed by atoms with Crippen molar-refractivity contribution in [3.8, 4) is 5.75 Å². The molecule has 2 rings (SSSR count). The Morgan fingerprint density at radius 3 is 2.30 bits per heavy atom. The number of halogens is 1. The van der Waals surface area contributed by atoms with Crippen LogP contribution < -0.4 is 9.64 Å². The molecule has 0 unspecified atom stereocenters. The molecule has 2 aromatic carbocycles. The van der Waals surface area contributed by atoms with Crippen LogP contribution in [-0.2, 0) is 14.8 Å². The fraction of sp³-hybridized carbons (Fsp3) is 0.316. The molecule has 8 heteroatoms. The third kappa shape index (κ3) is 4.64. The van der Waals surface area contributed by atoms with Crippen molar-refractivity contribution in [1.29, 1.82) is 0 Å². The van der Waals surface area contributed by atoms with Crippen LogP contribution in [0.1, 0.15) is 13.8 Å². The molecule has 6 nitrogen and oxygen atoms in total. The van der Waals surface area contributed by atoms with Crippen LogP contribution in [0.5, 0.6) is 5.75 Å². The van der Waals surface area contributed by atoms with Crippen molar-refractivity contribution >= 4 is 21.6 Å². The summed E-state index contributed by atoms with van der Waals surface area (Å²) in [5.74, 6) is -0.992. The van der Waals surface area contributed by atoms with Crippen LogP contribution in [0.2, 0.25) is 0 Å². The minimum Gasteiger partial charge on any atom is -0.494 e. The standard InChI is InChI=1S/C19H23FN2O4S/c1-14(2)22(15-10-11-18(26-4)17(20)12-15)19(23)13-21(3)27(24,25)16-8-6-5-7-9-16/h5-12,14H,13H2,1-4H3. The van der Waals surface area contributed by atoms with Gasteiger partial charge in [-0.1, -0.05) is 18.2 Å². The minimum atomic E-state index is -3.80. The Labute approximate surface area is 159 Å². The average Bonchev–Trinajstić information content (AvgIpc) is 2.62. The van der Waals surface area contributed by atoms with Crippen molar-refractivity contribution in [3.05, 3.63) is 54.3 Å². The SMILES string of the molecule is COc1ccc(N(C(=O)CN(C)S(=O)(=O)c2ccccc2)C(C)C)cc1F. The predicted molar refractivity (Wildman–Crippen MR) is 102 cm³/mol. The van der Waals surface area contributed by atoms with Gasteiger partial charge in [0.25, 0.3) is 0 Å². The smallest absolute Gasteiger partial charge is 0.243 e. The lowest BCUT2D eigenvalue weighted by Gasteiger charge is -2.29. The molecule has 0 spiro atoms. The van der Waals surface area contributed by atoms with Gasteiger partial charge in [0.05, 0.1) is 18.6 Å². The van der Waals surface area contributed by atoms with Gasteiger partial charge in [0, 0.05) is 24.8 Å². The molecule has 0 heterocycles. The molecule has 0 aliphatic carbocycles. The zero-order chi connectivity index (χ0) is 20.2. The van der Waals surface area contributed by atoms with E-state index < -0.39 is 21.7 Å². The number of benzene rings is 2. The topological polar surface area (TPSA) is 66.9 Å². The van der Waals surface area contributed by atoms with Crippen LogP contribution in [0, 0.1) is 5.82 Å². The van der Waals surface area contributed by atoms with E-state index in [4.69, 9.17) is 4.74 Å². The number of anilines is 1. The highest BCUT2D eigenvalue weighted by Gasteiger charge is 2.27. The molecule has 27 heavy (non-hydrogen) atoms. The van der Waals surface area contributed by atoms with Crippen molar-refractivity contribution in [3.63, 3.8) is 0 Å². The van der Waals surface area contributed by atoms with Gasteiger partial charge in [0.15, 0.2) is 11.6 Å². The van der Waals surface area contributed by atoms with Crippen molar-refractivity contribution in [2.75, 3.05) is 25.6 Å². The van der Waals surface area contributed by atoms with Crippen LogP contribution in [0.15, 0.2) is 53.4 Å². The van der Waals surface area contributed by atoms with E-state index in [1.807, 2.05) is 0 Å². The summed E-state index contributed by atoms with van der Waals surface area (Å²) in [5.41, 5.74) is 0.332. The summed E-state index contributed by atoms with van der Waals surface area (Å²) in [6, 6.07) is 11.8. The predicted octanol–water partition coefficient (Wildman–Crippen LogP) is 2.90. The largest absolute Gasteiger partial charge is 0.494 e. The number of amides is 1. The number of carbonyl (C=O) groups is 1. The van der Waals surface area contributed by atoms with Crippen LogP contribution >= 0.6 is 0 Å². The molecule has 0 aliphatic heterocycles. The van der Waals surface area contributed by atoms with Crippen molar-refractivity contribution in [1.82, 2.24) is 4.31 Å². The summed E-state index contributed by atoms with van der Waals surface area (Å²) in [7, 11) is -1.11. The molecule has 0 aliphatic rings. The van der Waals surface area contributed by atoms with Crippen LogP contribution in [0.25, 0.3) is 0 Å². The van der Waals surface area contributed by atoms with Gasteiger partial charge in [0.1, 0.15) is 0 Å². The Hall–Kier alpha value is -2.45. The lowest BCUT2D eigenvalue weighted by molar-refractivity contribution is -0.119. The first-order valence-electron chi connectivity index (χ1n) is 8.35. The monoisotopic (exact) mass is 394 g/mol. The number of rotatable bonds is 7. The number of hydrogen-bond donors (Lipinski definition) is 0. The number of carbonyl (C=O) groups excluding carboxylic acids is 1. The van der Waals surface area contributed by atoms with Crippen LogP contribution in [0.4, 0.5) is 10.1 Å². The molecule has 0 bridgehead atoms. The Morgan fingerprint density at radius 2 is 1.78 bits per heavy atom. The Morgan fingerprint density at radius 1 is 1.15 bits per heavy atom. The molecule has 0 saturated carbocycles. The van der Waals surface area contributed by atoms with Gasteiger partial charge in [-0.15, -0.1) is 0 Å². The summed E-state index contributed by atoms with van der Waals surface area (Å²) in [4.78, 5) is 14.3. The van der Waals surface area contributed by atoms with Gasteiger partial charge in [0.2, 0.25) is 15.9 Å². The molecule has 2 aromatic rings. The molecule has 0 radical (unpaired) electrons. The molecular formula is C19H23FN2O4S. The molecule has 0 fully saturated rings. The van der Waals surface area contributed by atoms with E-state index in [1.165, 1.54) is 43.3 Å². The van der Waals surface area contributed by atoms with Gasteiger partial charge in [-0.25, -0.2) is 12.8 Å². The minimum absolute atomic E-state index is 0.0682. The third-order valence-corrected chi connectivity index (χ3v) is 5.83. The van der Waals surface area contributed by atoms with E-state index in [0.717, 1.165) is 4.31 Å². The third-order valence-electron chi connectivity index (χ3n) is 4.01. The zero-order valence-electron chi connectivity index (χ0n) is 15.7. The fourth-order valence-electron chi connectivity index (χ4n) is 2.66. The lowest BCUT2D eigenvalue weighted by Crippen LogP contribution is -2.44. The molecule has 0 saturated heterocycles. The first-order valence-corrected chi connectivity index (χ1v) is 9.79. The summed E-state index contributed by atoms with van der Waals surface area (Å²) >= 11 is 0. The molecule has 146 valence electrons. The number of hydrogen-bond acceptors (Lipinski definition) is 4. The van der Waals surface area contributed by atoms with E-state index in [9.17, 15) is 17.6 Å². The maximum atomic E-state index is 14.0. The van der Waals surface area contributed by atoms with E-state index in [-0.39, 0.29) is 23.2 Å². The number of sulfonamides is 1. The number of nitrogens with zero attached hydrogens (tertiary/aromatic N) is 2. The summed E-state index contributed by atoms with van der Waals surface area (Å²) < 4.78 is 45.1. The molecular weight excluding hydrogens is 371 g/mol. The van der Waals surface area contributed by atoms with E-state index in [0.29, 0.717) is 5.69 Å². The van der Waals surface area contributed by atoms with E-state index in [2.05, 4.69) is 0 Å². The quantitative estimate of drug-likeness (QED) is 0.724. The van der Waals surface area contributed by atoms with Gasteiger partial charge in [-0.2, -0.15) is 4.31 Å². The molecule has 0 atom stereocenters. The maximum Gasteiger partial charge on any atom is 0.243 e. The second kappa shape index (κ2) is 8.49. The van der Waals surface area contributed by atoms with Crippen LogP contribution in [-0.4, -0.2) is 45.4 Å². The summed E-state index contributed by atoms with van der Waals surface area (Å²) in [5, 5.41) is 0.